The largest absolute Gasteiger partial charge is 0.351 e. The molecule has 1 amide bonds. The second-order valence-corrected chi connectivity index (χ2v) is 4.16. The third kappa shape index (κ3) is 6.64. The summed E-state index contributed by atoms with van der Waals surface area (Å²) in [6.07, 6.45) is 1.71. The molecular formula is C12H21IN6O. The summed E-state index contributed by atoms with van der Waals surface area (Å²) in [5.41, 5.74) is 0.870. The normalized spacial score (nSPS) is 10.5. The first-order valence-corrected chi connectivity index (χ1v) is 5.96. The zero-order valence-corrected chi connectivity index (χ0v) is 14.5. The van der Waals surface area contributed by atoms with Gasteiger partial charge in [-0.1, -0.05) is 0 Å². The number of likely N-dealkylation sites (N-methyl/N-ethyl adjacent to an activating group) is 1. The van der Waals surface area contributed by atoms with Crippen molar-refractivity contribution < 1.29 is 4.79 Å². The molecule has 0 radical (unpaired) electrons. The van der Waals surface area contributed by atoms with E-state index in [1.165, 1.54) is 4.90 Å². The van der Waals surface area contributed by atoms with Gasteiger partial charge >= 0.3 is 0 Å². The molecule has 0 fully saturated rings. The number of nitrogens with zero attached hydrogens (tertiary/aromatic N) is 4. The Bertz CT molecular complexity index is 463. The molecule has 0 atom stereocenters. The van der Waals surface area contributed by atoms with Crippen molar-refractivity contribution in [3.63, 3.8) is 0 Å². The molecule has 8 heteroatoms. The van der Waals surface area contributed by atoms with E-state index in [4.69, 9.17) is 0 Å². The average molecular weight is 392 g/mol. The van der Waals surface area contributed by atoms with E-state index in [1.54, 1.807) is 27.3 Å². The Balaban J connectivity index is 0.00000361. The highest BCUT2D eigenvalue weighted by Gasteiger charge is 2.05. The van der Waals surface area contributed by atoms with Crippen LogP contribution in [-0.4, -0.2) is 54.4 Å². The molecule has 2 N–H and O–H groups in total. The minimum absolute atomic E-state index is 0. The van der Waals surface area contributed by atoms with Gasteiger partial charge in [0.2, 0.25) is 5.91 Å². The molecule has 0 aliphatic heterocycles. The number of rotatable bonds is 4. The zero-order chi connectivity index (χ0) is 14.3. The lowest BCUT2D eigenvalue weighted by Crippen LogP contribution is -2.42. The van der Waals surface area contributed by atoms with Crippen LogP contribution < -0.4 is 10.6 Å². The number of amides is 1. The third-order valence-corrected chi connectivity index (χ3v) is 2.40. The van der Waals surface area contributed by atoms with Gasteiger partial charge < -0.3 is 15.5 Å². The van der Waals surface area contributed by atoms with Gasteiger partial charge in [0.15, 0.2) is 5.96 Å². The summed E-state index contributed by atoms with van der Waals surface area (Å²) in [6, 6.07) is 1.83. The monoisotopic (exact) mass is 392 g/mol. The predicted molar refractivity (Wildman–Crippen MR) is 89.1 cm³/mol. The summed E-state index contributed by atoms with van der Waals surface area (Å²) in [5, 5.41) is 6.02. The van der Waals surface area contributed by atoms with E-state index in [9.17, 15) is 4.79 Å². The number of aliphatic imine (C=N–C) groups is 1. The second-order valence-electron chi connectivity index (χ2n) is 4.16. The minimum Gasteiger partial charge on any atom is -0.351 e. The highest BCUT2D eigenvalue weighted by Crippen LogP contribution is 1.93. The molecule has 7 nitrogen and oxygen atoms in total. The topological polar surface area (TPSA) is 82.5 Å². The molecule has 0 aliphatic carbocycles. The Hall–Kier alpha value is -1.45. The van der Waals surface area contributed by atoms with Crippen molar-refractivity contribution in [2.24, 2.45) is 4.99 Å². The lowest BCUT2D eigenvalue weighted by Gasteiger charge is -2.14. The average Bonchev–Trinajstić information content (AvgIpc) is 2.38. The molecule has 1 aromatic heterocycles. The Labute approximate surface area is 136 Å². The molecule has 0 saturated carbocycles. The van der Waals surface area contributed by atoms with E-state index in [0.29, 0.717) is 12.5 Å². The predicted octanol–water partition coefficient (Wildman–Crippen LogP) is 0.156. The van der Waals surface area contributed by atoms with Crippen LogP contribution in [0.3, 0.4) is 0 Å². The molecule has 1 aromatic rings. The van der Waals surface area contributed by atoms with E-state index in [0.717, 1.165) is 11.5 Å². The SMILES string of the molecule is CN=C(NCC(=O)N(C)C)NCc1ccnc(C)n1.I. The minimum atomic E-state index is -0.0131. The van der Waals surface area contributed by atoms with E-state index >= 15 is 0 Å². The summed E-state index contributed by atoms with van der Waals surface area (Å²) in [6.45, 7) is 2.57. The molecule has 0 bridgehead atoms. The number of halogens is 1. The van der Waals surface area contributed by atoms with Crippen molar-refractivity contribution >= 4 is 35.8 Å². The van der Waals surface area contributed by atoms with Crippen molar-refractivity contribution in [3.8, 4) is 0 Å². The maximum atomic E-state index is 11.4. The Morgan fingerprint density at radius 1 is 1.40 bits per heavy atom. The first kappa shape index (κ1) is 18.6. The first-order valence-electron chi connectivity index (χ1n) is 5.96. The zero-order valence-electron chi connectivity index (χ0n) is 12.2. The van der Waals surface area contributed by atoms with Crippen LogP contribution in [0.25, 0.3) is 0 Å². The van der Waals surface area contributed by atoms with Crippen molar-refractivity contribution in [1.29, 1.82) is 0 Å². The number of aryl methyl sites for hydroxylation is 1. The quantitative estimate of drug-likeness (QED) is 0.433. The van der Waals surface area contributed by atoms with Gasteiger partial charge in [0.1, 0.15) is 5.82 Å². The summed E-state index contributed by atoms with van der Waals surface area (Å²) < 4.78 is 0. The molecule has 0 aromatic carbocycles. The van der Waals surface area contributed by atoms with Gasteiger partial charge in [-0.05, 0) is 13.0 Å². The third-order valence-electron chi connectivity index (χ3n) is 2.40. The lowest BCUT2D eigenvalue weighted by atomic mass is 10.4. The molecule has 0 unspecified atom stereocenters. The van der Waals surface area contributed by atoms with Gasteiger partial charge in [0.25, 0.3) is 0 Å². The highest BCUT2D eigenvalue weighted by atomic mass is 127. The Morgan fingerprint density at radius 2 is 2.10 bits per heavy atom. The van der Waals surface area contributed by atoms with Crippen LogP contribution in [0.5, 0.6) is 0 Å². The van der Waals surface area contributed by atoms with E-state index in [-0.39, 0.29) is 36.4 Å². The van der Waals surface area contributed by atoms with Crippen molar-refractivity contribution in [1.82, 2.24) is 25.5 Å². The van der Waals surface area contributed by atoms with Crippen LogP contribution in [-0.2, 0) is 11.3 Å². The number of carbonyl (C=O) groups excluding carboxylic acids is 1. The standard InChI is InChI=1S/C12H20N6O.HI/c1-9-14-6-5-10(17-9)7-15-12(13-2)16-8-11(19)18(3)4;/h5-6H,7-8H2,1-4H3,(H2,13,15,16);1H. The maximum absolute atomic E-state index is 11.4. The molecule has 1 heterocycles. The highest BCUT2D eigenvalue weighted by molar-refractivity contribution is 14.0. The number of aromatic nitrogens is 2. The molecule has 0 aliphatic rings. The fraction of sp³-hybridized carbons (Fsp3) is 0.500. The lowest BCUT2D eigenvalue weighted by molar-refractivity contribution is -0.127. The van der Waals surface area contributed by atoms with Gasteiger partial charge in [0.05, 0.1) is 18.8 Å². The van der Waals surface area contributed by atoms with Crippen LogP contribution in [0.15, 0.2) is 17.3 Å². The summed E-state index contributed by atoms with van der Waals surface area (Å²) in [7, 11) is 5.08. The fourth-order valence-electron chi connectivity index (χ4n) is 1.32. The molecule has 20 heavy (non-hydrogen) atoms. The van der Waals surface area contributed by atoms with Crippen LogP contribution in [0.1, 0.15) is 11.5 Å². The van der Waals surface area contributed by atoms with Crippen LogP contribution >= 0.6 is 24.0 Å². The van der Waals surface area contributed by atoms with E-state index in [1.807, 2.05) is 13.0 Å². The van der Waals surface area contributed by atoms with Gasteiger partial charge in [-0.15, -0.1) is 24.0 Å². The van der Waals surface area contributed by atoms with Crippen LogP contribution in [0.2, 0.25) is 0 Å². The van der Waals surface area contributed by atoms with Crippen LogP contribution in [0, 0.1) is 6.92 Å². The van der Waals surface area contributed by atoms with E-state index < -0.39 is 0 Å². The van der Waals surface area contributed by atoms with Gasteiger partial charge in [0, 0.05) is 27.3 Å². The van der Waals surface area contributed by atoms with E-state index in [2.05, 4.69) is 25.6 Å². The maximum Gasteiger partial charge on any atom is 0.241 e. The smallest absolute Gasteiger partial charge is 0.241 e. The fourth-order valence-corrected chi connectivity index (χ4v) is 1.32. The number of carbonyl (C=O) groups is 1. The van der Waals surface area contributed by atoms with Crippen molar-refractivity contribution in [2.75, 3.05) is 27.7 Å². The number of hydrogen-bond acceptors (Lipinski definition) is 4. The molecular weight excluding hydrogens is 371 g/mol. The van der Waals surface area contributed by atoms with Gasteiger partial charge in [-0.3, -0.25) is 9.79 Å². The van der Waals surface area contributed by atoms with Gasteiger partial charge in [-0.25, -0.2) is 9.97 Å². The number of nitrogens with one attached hydrogen (secondary N) is 2. The van der Waals surface area contributed by atoms with Crippen molar-refractivity contribution in [2.45, 2.75) is 13.5 Å². The number of hydrogen-bond donors (Lipinski definition) is 2. The van der Waals surface area contributed by atoms with Crippen LogP contribution in [0.4, 0.5) is 0 Å². The Kier molecular flexibility index (Phi) is 8.77. The second kappa shape index (κ2) is 9.45. The first-order chi connectivity index (χ1) is 9.02. The van der Waals surface area contributed by atoms with Gasteiger partial charge in [-0.2, -0.15) is 0 Å². The summed E-state index contributed by atoms with van der Waals surface area (Å²) in [5.74, 6) is 1.28. The molecule has 112 valence electrons. The molecule has 0 saturated heterocycles. The van der Waals surface area contributed by atoms with Crippen molar-refractivity contribution in [3.05, 3.63) is 23.8 Å². The Morgan fingerprint density at radius 3 is 2.65 bits per heavy atom. The number of guanidine groups is 1. The molecule has 1 rings (SSSR count). The molecule has 0 spiro atoms. The summed E-state index contributed by atoms with van der Waals surface area (Å²) in [4.78, 5) is 25.3. The summed E-state index contributed by atoms with van der Waals surface area (Å²) >= 11 is 0.